The molecule has 2 fully saturated rings. The van der Waals surface area contributed by atoms with E-state index >= 15 is 0 Å². The summed E-state index contributed by atoms with van der Waals surface area (Å²) in [5, 5.41) is 3.52. The molecule has 0 aromatic heterocycles. The van der Waals surface area contributed by atoms with Gasteiger partial charge in [0.15, 0.2) is 11.6 Å². The van der Waals surface area contributed by atoms with Crippen LogP contribution in [0.5, 0.6) is 5.75 Å². The van der Waals surface area contributed by atoms with Gasteiger partial charge in [-0.25, -0.2) is 8.78 Å². The van der Waals surface area contributed by atoms with Gasteiger partial charge in [0.25, 0.3) is 0 Å². The van der Waals surface area contributed by atoms with Crippen LogP contribution in [-0.2, 0) is 0 Å². The molecule has 0 amide bonds. The number of rotatable bonds is 4. The third-order valence-electron chi connectivity index (χ3n) is 4.93. The average molecular weight is 281 g/mol. The minimum Gasteiger partial charge on any atom is -0.487 e. The van der Waals surface area contributed by atoms with Crippen LogP contribution < -0.4 is 10.1 Å². The Hall–Kier alpha value is -1.16. The van der Waals surface area contributed by atoms with Crippen molar-refractivity contribution in [3.05, 3.63) is 29.8 Å². The van der Waals surface area contributed by atoms with E-state index in [9.17, 15) is 8.78 Å². The third kappa shape index (κ3) is 2.20. The van der Waals surface area contributed by atoms with Gasteiger partial charge in [-0.05, 0) is 31.5 Å². The molecule has 2 nitrogen and oxygen atoms in total. The van der Waals surface area contributed by atoms with Crippen LogP contribution in [0.25, 0.3) is 0 Å². The summed E-state index contributed by atoms with van der Waals surface area (Å²) in [5.74, 6) is -0.993. The number of hydrogen-bond acceptors (Lipinski definition) is 2. The lowest BCUT2D eigenvalue weighted by Gasteiger charge is -2.54. The van der Waals surface area contributed by atoms with Crippen molar-refractivity contribution in [2.45, 2.75) is 51.2 Å². The molecule has 1 N–H and O–H groups in total. The molecule has 0 radical (unpaired) electrons. The second-order valence-electron chi connectivity index (χ2n) is 5.97. The van der Waals surface area contributed by atoms with E-state index in [0.717, 1.165) is 31.9 Å². The maximum absolute atomic E-state index is 13.7. The van der Waals surface area contributed by atoms with Gasteiger partial charge in [0.1, 0.15) is 11.9 Å². The zero-order valence-corrected chi connectivity index (χ0v) is 11.8. The molecule has 20 heavy (non-hydrogen) atoms. The maximum Gasteiger partial charge on any atom is 0.167 e. The highest BCUT2D eigenvalue weighted by molar-refractivity contribution is 5.26. The summed E-state index contributed by atoms with van der Waals surface area (Å²) in [5.41, 5.74) is 0.150. The molecule has 110 valence electrons. The van der Waals surface area contributed by atoms with E-state index in [1.165, 1.54) is 25.0 Å². The Bertz CT molecular complexity index is 485. The van der Waals surface area contributed by atoms with Crippen molar-refractivity contribution in [1.82, 2.24) is 5.32 Å². The van der Waals surface area contributed by atoms with Gasteiger partial charge >= 0.3 is 0 Å². The van der Waals surface area contributed by atoms with Gasteiger partial charge in [0, 0.05) is 23.9 Å². The van der Waals surface area contributed by atoms with Crippen LogP contribution in [-0.4, -0.2) is 18.7 Å². The van der Waals surface area contributed by atoms with Crippen LogP contribution in [0.15, 0.2) is 18.2 Å². The number of benzene rings is 1. The Morgan fingerprint density at radius 1 is 1.30 bits per heavy atom. The molecule has 2 saturated carbocycles. The van der Waals surface area contributed by atoms with Crippen LogP contribution in [0, 0.1) is 17.0 Å². The van der Waals surface area contributed by atoms with Crippen LogP contribution in [0.4, 0.5) is 8.78 Å². The molecule has 2 unspecified atom stereocenters. The largest absolute Gasteiger partial charge is 0.487 e. The first-order valence-electron chi connectivity index (χ1n) is 7.51. The second kappa shape index (κ2) is 5.32. The van der Waals surface area contributed by atoms with Crippen molar-refractivity contribution in [2.24, 2.45) is 5.41 Å². The fraction of sp³-hybridized carbons (Fsp3) is 0.625. The highest BCUT2D eigenvalue weighted by Crippen LogP contribution is 2.54. The van der Waals surface area contributed by atoms with Crippen molar-refractivity contribution in [3.8, 4) is 5.75 Å². The summed E-state index contributed by atoms with van der Waals surface area (Å²) in [6, 6.07) is 4.01. The first-order valence-corrected chi connectivity index (χ1v) is 7.51. The highest BCUT2D eigenvalue weighted by Gasteiger charge is 2.57. The first-order chi connectivity index (χ1) is 9.65. The fourth-order valence-corrected chi connectivity index (χ4v) is 3.87. The van der Waals surface area contributed by atoms with Gasteiger partial charge in [-0.3, -0.25) is 0 Å². The molecule has 1 aromatic carbocycles. The van der Waals surface area contributed by atoms with E-state index in [2.05, 4.69) is 12.2 Å². The van der Waals surface area contributed by atoms with E-state index in [4.69, 9.17) is 4.74 Å². The number of halogens is 2. The van der Waals surface area contributed by atoms with Crippen molar-refractivity contribution in [1.29, 1.82) is 0 Å². The lowest BCUT2D eigenvalue weighted by molar-refractivity contribution is -0.0770. The SMILES string of the molecule is CCNC1CC(Oc2ccc(F)cc2F)C12CCCC2. The van der Waals surface area contributed by atoms with Gasteiger partial charge < -0.3 is 10.1 Å². The predicted molar refractivity (Wildman–Crippen MR) is 73.8 cm³/mol. The van der Waals surface area contributed by atoms with Gasteiger partial charge in [-0.1, -0.05) is 19.8 Å². The lowest BCUT2D eigenvalue weighted by Crippen LogP contribution is -2.63. The summed E-state index contributed by atoms with van der Waals surface area (Å²) in [7, 11) is 0. The molecule has 0 heterocycles. The molecular weight excluding hydrogens is 260 g/mol. The zero-order valence-electron chi connectivity index (χ0n) is 11.8. The molecule has 1 spiro atoms. The van der Waals surface area contributed by atoms with Crippen LogP contribution in [0.3, 0.4) is 0 Å². The lowest BCUT2D eigenvalue weighted by atomic mass is 9.60. The summed E-state index contributed by atoms with van der Waals surface area (Å²) >= 11 is 0. The molecule has 0 aliphatic heterocycles. The van der Waals surface area contributed by atoms with E-state index in [0.29, 0.717) is 6.04 Å². The van der Waals surface area contributed by atoms with Crippen molar-refractivity contribution in [2.75, 3.05) is 6.54 Å². The molecule has 0 saturated heterocycles. The molecule has 2 atom stereocenters. The maximum atomic E-state index is 13.7. The normalized spacial score (nSPS) is 27.6. The molecule has 2 aliphatic carbocycles. The topological polar surface area (TPSA) is 21.3 Å². The predicted octanol–water partition coefficient (Wildman–Crippen LogP) is 3.65. The van der Waals surface area contributed by atoms with Crippen LogP contribution >= 0.6 is 0 Å². The second-order valence-corrected chi connectivity index (χ2v) is 5.97. The quantitative estimate of drug-likeness (QED) is 0.909. The van der Waals surface area contributed by atoms with Crippen molar-refractivity contribution >= 4 is 0 Å². The summed E-state index contributed by atoms with van der Waals surface area (Å²) in [6.07, 6.45) is 5.66. The standard InChI is InChI=1S/C16H21F2NO/c1-2-19-14-10-15(16(14)7-3-4-8-16)20-13-6-5-11(17)9-12(13)18/h5-6,9,14-15,19H,2-4,7-8,10H2,1H3. The van der Waals surface area contributed by atoms with E-state index < -0.39 is 11.6 Å². The zero-order chi connectivity index (χ0) is 14.2. The summed E-state index contributed by atoms with van der Waals surface area (Å²) < 4.78 is 32.5. The molecule has 1 aromatic rings. The van der Waals surface area contributed by atoms with E-state index in [1.807, 2.05) is 0 Å². The van der Waals surface area contributed by atoms with Gasteiger partial charge in [-0.2, -0.15) is 0 Å². The summed E-state index contributed by atoms with van der Waals surface area (Å²) in [6.45, 7) is 3.06. The average Bonchev–Trinajstić information content (AvgIpc) is 2.92. The molecule has 2 aliphatic rings. The summed E-state index contributed by atoms with van der Waals surface area (Å²) in [4.78, 5) is 0. The number of nitrogens with one attached hydrogen (secondary N) is 1. The minimum atomic E-state index is -0.606. The minimum absolute atomic E-state index is 0.0500. The van der Waals surface area contributed by atoms with Crippen LogP contribution in [0.1, 0.15) is 39.0 Å². The van der Waals surface area contributed by atoms with E-state index in [1.54, 1.807) is 0 Å². The van der Waals surface area contributed by atoms with Crippen LogP contribution in [0.2, 0.25) is 0 Å². The Morgan fingerprint density at radius 2 is 2.05 bits per heavy atom. The Balaban J connectivity index is 1.74. The molecule has 4 heteroatoms. The number of hydrogen-bond donors (Lipinski definition) is 1. The first kappa shape index (κ1) is 13.8. The van der Waals surface area contributed by atoms with Gasteiger partial charge in [0.2, 0.25) is 0 Å². The molecule has 3 rings (SSSR count). The smallest absolute Gasteiger partial charge is 0.167 e. The fourth-order valence-electron chi connectivity index (χ4n) is 3.87. The van der Waals surface area contributed by atoms with E-state index in [-0.39, 0.29) is 17.3 Å². The third-order valence-corrected chi connectivity index (χ3v) is 4.93. The van der Waals surface area contributed by atoms with Gasteiger partial charge in [-0.15, -0.1) is 0 Å². The number of ether oxygens (including phenoxy) is 1. The molecular formula is C16H21F2NO. The Kier molecular flexibility index (Phi) is 3.67. The van der Waals surface area contributed by atoms with Crippen molar-refractivity contribution in [3.63, 3.8) is 0 Å². The monoisotopic (exact) mass is 281 g/mol. The van der Waals surface area contributed by atoms with Gasteiger partial charge in [0.05, 0.1) is 0 Å². The molecule has 0 bridgehead atoms. The Morgan fingerprint density at radius 3 is 2.70 bits per heavy atom. The highest BCUT2D eigenvalue weighted by atomic mass is 19.1. The van der Waals surface area contributed by atoms with Crippen molar-refractivity contribution < 1.29 is 13.5 Å². The Labute approximate surface area is 118 Å².